The highest BCUT2D eigenvalue weighted by atomic mass is 79.9. The van der Waals surface area contributed by atoms with Crippen LogP contribution in [0.1, 0.15) is 45.7 Å². The number of hydrogen-bond donors (Lipinski definition) is 1. The van der Waals surface area contributed by atoms with Gasteiger partial charge in [-0.2, -0.15) is 8.78 Å². The Morgan fingerprint density at radius 1 is 1.40 bits per heavy atom. The van der Waals surface area contributed by atoms with Crippen LogP contribution in [0.25, 0.3) is 0 Å². The van der Waals surface area contributed by atoms with Gasteiger partial charge >= 0.3 is 12.6 Å². The van der Waals surface area contributed by atoms with Crippen molar-refractivity contribution in [2.45, 2.75) is 51.5 Å². The standard InChI is InChI=1S/C16H22BrF2NO4S/c1-5-23-13(21)9-11(20-25(22)16(2,3)4)14-10(17)7-6-8-12(14)24-15(18)19/h6-8,11,15,20H,5,9H2,1-4H3. The lowest BCUT2D eigenvalue weighted by Gasteiger charge is -2.29. The molecule has 0 spiro atoms. The van der Waals surface area contributed by atoms with E-state index in [-0.39, 0.29) is 24.3 Å². The van der Waals surface area contributed by atoms with E-state index < -0.39 is 34.7 Å². The zero-order valence-electron chi connectivity index (χ0n) is 14.5. The summed E-state index contributed by atoms with van der Waals surface area (Å²) in [5, 5.41) is 0. The van der Waals surface area contributed by atoms with Crippen molar-refractivity contribution in [3.8, 4) is 5.75 Å². The summed E-state index contributed by atoms with van der Waals surface area (Å²) in [7, 11) is 0. The number of ether oxygens (including phenoxy) is 2. The van der Waals surface area contributed by atoms with Crippen LogP contribution in [0.15, 0.2) is 22.7 Å². The molecule has 0 amide bonds. The van der Waals surface area contributed by atoms with E-state index in [1.54, 1.807) is 33.8 Å². The summed E-state index contributed by atoms with van der Waals surface area (Å²) in [4.78, 5) is 11.9. The Hall–Kier alpha value is -0.900. The van der Waals surface area contributed by atoms with Gasteiger partial charge in [0.25, 0.3) is 0 Å². The fourth-order valence-corrected chi connectivity index (χ4v) is 3.39. The predicted octanol–water partition coefficient (Wildman–Crippen LogP) is 4.10. The van der Waals surface area contributed by atoms with E-state index in [0.717, 1.165) is 0 Å². The van der Waals surface area contributed by atoms with E-state index in [1.165, 1.54) is 12.1 Å². The highest BCUT2D eigenvalue weighted by Crippen LogP contribution is 2.36. The van der Waals surface area contributed by atoms with Crippen LogP contribution in [0.5, 0.6) is 5.75 Å². The molecule has 0 saturated heterocycles. The number of benzene rings is 1. The number of halogens is 3. The van der Waals surface area contributed by atoms with Crippen LogP contribution in [0, 0.1) is 0 Å². The number of esters is 1. The van der Waals surface area contributed by atoms with Gasteiger partial charge in [-0.25, -0.2) is 0 Å². The average molecular weight is 442 g/mol. The number of carbonyl (C=O) groups is 1. The SMILES string of the molecule is CCOC(=O)CC(N[S+]([O-])C(C)(C)C)c1c(Br)cccc1OC(F)F. The van der Waals surface area contributed by atoms with Crippen molar-refractivity contribution in [3.05, 3.63) is 28.2 Å². The van der Waals surface area contributed by atoms with Gasteiger partial charge in [0.1, 0.15) is 10.5 Å². The van der Waals surface area contributed by atoms with Crippen LogP contribution < -0.4 is 9.46 Å². The molecule has 2 atom stereocenters. The Bertz CT molecular complexity index is 584. The Balaban J connectivity index is 3.24. The third kappa shape index (κ3) is 7.08. The van der Waals surface area contributed by atoms with Crippen molar-refractivity contribution in [2.75, 3.05) is 6.61 Å². The minimum Gasteiger partial charge on any atom is -0.598 e. The van der Waals surface area contributed by atoms with Crippen LogP contribution in [0.3, 0.4) is 0 Å². The quantitative estimate of drug-likeness (QED) is 0.485. The van der Waals surface area contributed by atoms with Crippen molar-refractivity contribution in [3.63, 3.8) is 0 Å². The summed E-state index contributed by atoms with van der Waals surface area (Å²) < 4.78 is 50.1. The molecular weight excluding hydrogens is 420 g/mol. The largest absolute Gasteiger partial charge is 0.598 e. The molecule has 1 aromatic rings. The highest BCUT2D eigenvalue weighted by Gasteiger charge is 2.33. The Morgan fingerprint density at radius 3 is 2.56 bits per heavy atom. The summed E-state index contributed by atoms with van der Waals surface area (Å²) >= 11 is 1.75. The first-order valence-corrected chi connectivity index (χ1v) is 9.57. The van der Waals surface area contributed by atoms with Gasteiger partial charge in [-0.15, -0.1) is 4.72 Å². The molecule has 1 rings (SSSR count). The first-order chi connectivity index (χ1) is 11.6. The molecule has 0 aliphatic heterocycles. The molecule has 0 aliphatic rings. The second kappa shape index (κ2) is 9.70. The van der Waals surface area contributed by atoms with Gasteiger partial charge in [-0.3, -0.25) is 4.79 Å². The van der Waals surface area contributed by atoms with Gasteiger partial charge in [0.05, 0.1) is 19.1 Å². The second-order valence-electron chi connectivity index (χ2n) is 6.09. The highest BCUT2D eigenvalue weighted by molar-refractivity contribution is 9.10. The lowest BCUT2D eigenvalue weighted by molar-refractivity contribution is -0.143. The molecule has 25 heavy (non-hydrogen) atoms. The van der Waals surface area contributed by atoms with Crippen molar-refractivity contribution >= 4 is 33.3 Å². The monoisotopic (exact) mass is 441 g/mol. The number of alkyl halides is 2. The maximum atomic E-state index is 12.7. The van der Waals surface area contributed by atoms with Crippen molar-refractivity contribution in [1.82, 2.24) is 4.72 Å². The number of hydrogen-bond acceptors (Lipinski definition) is 5. The molecule has 0 fully saturated rings. The van der Waals surface area contributed by atoms with Crippen LogP contribution >= 0.6 is 15.9 Å². The maximum Gasteiger partial charge on any atom is 0.387 e. The van der Waals surface area contributed by atoms with Gasteiger partial charge in [0.2, 0.25) is 0 Å². The molecule has 0 radical (unpaired) electrons. The van der Waals surface area contributed by atoms with Crippen molar-refractivity contribution < 1.29 is 27.6 Å². The molecule has 5 nitrogen and oxygen atoms in total. The van der Waals surface area contributed by atoms with Crippen molar-refractivity contribution in [2.24, 2.45) is 0 Å². The molecule has 1 aromatic carbocycles. The van der Waals surface area contributed by atoms with E-state index in [4.69, 9.17) is 4.74 Å². The third-order valence-corrected chi connectivity index (χ3v) is 5.36. The summed E-state index contributed by atoms with van der Waals surface area (Å²) in [5.41, 5.74) is 0.286. The molecule has 0 aromatic heterocycles. The summed E-state index contributed by atoms with van der Waals surface area (Å²) in [5.74, 6) is -0.637. The molecule has 9 heteroatoms. The second-order valence-corrected chi connectivity index (χ2v) is 8.94. The smallest absolute Gasteiger partial charge is 0.387 e. The minimum atomic E-state index is -3.02. The lowest BCUT2D eigenvalue weighted by atomic mass is 10.0. The molecule has 0 aliphatic carbocycles. The van der Waals surface area contributed by atoms with E-state index in [0.29, 0.717) is 4.47 Å². The number of carbonyl (C=O) groups excluding carboxylic acids is 1. The van der Waals surface area contributed by atoms with E-state index in [9.17, 15) is 18.1 Å². The summed E-state index contributed by atoms with van der Waals surface area (Å²) in [6, 6.07) is 3.70. The number of rotatable bonds is 8. The average Bonchev–Trinajstić information content (AvgIpc) is 2.45. The first-order valence-electron chi connectivity index (χ1n) is 7.63. The normalized spacial score (nSPS) is 14.3. The molecule has 0 saturated carbocycles. The minimum absolute atomic E-state index is 0.0999. The Kier molecular flexibility index (Phi) is 8.59. The van der Waals surface area contributed by atoms with E-state index in [1.807, 2.05) is 0 Å². The zero-order valence-corrected chi connectivity index (χ0v) is 16.9. The summed E-state index contributed by atoms with van der Waals surface area (Å²) in [6.07, 6.45) is -0.183. The maximum absolute atomic E-state index is 12.7. The van der Waals surface area contributed by atoms with E-state index >= 15 is 0 Å². The van der Waals surface area contributed by atoms with Gasteiger partial charge < -0.3 is 14.0 Å². The van der Waals surface area contributed by atoms with Crippen LogP contribution in [0.4, 0.5) is 8.78 Å². The Labute approximate surface area is 157 Å². The molecule has 2 unspecified atom stereocenters. The molecule has 0 heterocycles. The lowest BCUT2D eigenvalue weighted by Crippen LogP contribution is -2.42. The number of nitrogens with one attached hydrogen (secondary N) is 1. The van der Waals surface area contributed by atoms with Gasteiger partial charge in [0.15, 0.2) is 0 Å². The van der Waals surface area contributed by atoms with Gasteiger partial charge in [0, 0.05) is 21.4 Å². The van der Waals surface area contributed by atoms with Crippen LogP contribution in [-0.4, -0.2) is 28.5 Å². The van der Waals surface area contributed by atoms with Crippen molar-refractivity contribution in [1.29, 1.82) is 0 Å². The van der Waals surface area contributed by atoms with Crippen LogP contribution in [-0.2, 0) is 20.9 Å². The van der Waals surface area contributed by atoms with Gasteiger partial charge in [-0.05, 0) is 39.8 Å². The molecule has 0 bridgehead atoms. The fraction of sp³-hybridized carbons (Fsp3) is 0.562. The molecule has 142 valence electrons. The molecular formula is C16H22BrF2NO4S. The zero-order chi connectivity index (χ0) is 19.2. The fourth-order valence-electron chi connectivity index (χ4n) is 1.95. The van der Waals surface area contributed by atoms with Crippen LogP contribution in [0.2, 0.25) is 0 Å². The molecule has 1 N–H and O–H groups in total. The topological polar surface area (TPSA) is 70.6 Å². The summed E-state index contributed by atoms with van der Waals surface area (Å²) in [6.45, 7) is 4.10. The predicted molar refractivity (Wildman–Crippen MR) is 95.8 cm³/mol. The first kappa shape index (κ1) is 22.1. The van der Waals surface area contributed by atoms with Gasteiger partial charge in [-0.1, -0.05) is 22.0 Å². The van der Waals surface area contributed by atoms with E-state index in [2.05, 4.69) is 25.4 Å². The Morgan fingerprint density at radius 2 is 2.04 bits per heavy atom. The third-order valence-electron chi connectivity index (χ3n) is 3.06.